The van der Waals surface area contributed by atoms with Gasteiger partial charge in [-0.25, -0.2) is 0 Å². The van der Waals surface area contributed by atoms with Gasteiger partial charge in [-0.3, -0.25) is 9.52 Å². The average molecular weight is 211 g/mol. The van der Waals surface area contributed by atoms with E-state index < -0.39 is 0 Å². The second-order valence-corrected chi connectivity index (χ2v) is 4.65. The maximum Gasteiger partial charge on any atom is 0.0813 e. The lowest BCUT2D eigenvalue weighted by Crippen LogP contribution is -2.28. The van der Waals surface area contributed by atoms with Crippen LogP contribution in [0.5, 0.6) is 0 Å². The fourth-order valence-electron chi connectivity index (χ4n) is 1.18. The van der Waals surface area contributed by atoms with Crippen LogP contribution in [0.3, 0.4) is 0 Å². The van der Waals surface area contributed by atoms with Crippen molar-refractivity contribution in [3.8, 4) is 0 Å². The van der Waals surface area contributed by atoms with Crippen LogP contribution in [0, 0.1) is 0 Å². The third kappa shape index (κ3) is 4.95. The Morgan fingerprint density at radius 2 is 2.20 bits per heavy atom. The van der Waals surface area contributed by atoms with E-state index in [1.54, 1.807) is 0 Å². The Hall–Kier alpha value is -0.870. The third-order valence-electron chi connectivity index (χ3n) is 1.79. The highest BCUT2D eigenvalue weighted by Gasteiger charge is 2.09. The van der Waals surface area contributed by atoms with Crippen molar-refractivity contribution in [1.29, 1.82) is 0 Å². The number of aryl methyl sites for hydroxylation is 1. The number of hydrogen-bond donors (Lipinski definition) is 1. The molecule has 1 heterocycles. The summed E-state index contributed by atoms with van der Waals surface area (Å²) in [5.41, 5.74) is 3.94. The molecule has 0 saturated heterocycles. The van der Waals surface area contributed by atoms with E-state index in [0.29, 0.717) is 6.54 Å². The molecule has 0 saturated carbocycles. The number of hydrogen-bond acceptors (Lipinski definition) is 3. The lowest BCUT2D eigenvalue weighted by molar-refractivity contribution is -0.0757. The summed E-state index contributed by atoms with van der Waals surface area (Å²) in [5.74, 6) is 0. The Bertz CT molecular complexity index is 288. The van der Waals surface area contributed by atoms with E-state index >= 15 is 0 Å². The van der Waals surface area contributed by atoms with E-state index in [2.05, 4.69) is 17.5 Å². The van der Waals surface area contributed by atoms with Crippen molar-refractivity contribution < 1.29 is 4.84 Å². The number of nitrogens with zero attached hydrogens (tertiary/aromatic N) is 2. The molecule has 4 nitrogen and oxygen atoms in total. The molecule has 0 aliphatic heterocycles. The second-order valence-electron chi connectivity index (χ2n) is 4.65. The molecule has 0 fully saturated rings. The lowest BCUT2D eigenvalue weighted by atomic mass is 10.2. The van der Waals surface area contributed by atoms with Crippen molar-refractivity contribution in [1.82, 2.24) is 15.3 Å². The van der Waals surface area contributed by atoms with Crippen molar-refractivity contribution in [2.75, 3.05) is 0 Å². The van der Waals surface area contributed by atoms with Gasteiger partial charge >= 0.3 is 0 Å². The standard InChI is InChI=1S/C11H21N3O/c1-5-6-14-9-10(7-12-14)8-13-15-11(2,3)4/h7,9,13H,5-6,8H2,1-4H3. The van der Waals surface area contributed by atoms with Crippen LogP contribution in [0.2, 0.25) is 0 Å². The fourth-order valence-corrected chi connectivity index (χ4v) is 1.18. The Morgan fingerprint density at radius 1 is 1.47 bits per heavy atom. The van der Waals surface area contributed by atoms with Gasteiger partial charge in [-0.15, -0.1) is 0 Å². The topological polar surface area (TPSA) is 39.1 Å². The summed E-state index contributed by atoms with van der Waals surface area (Å²) >= 11 is 0. The molecule has 0 atom stereocenters. The van der Waals surface area contributed by atoms with Crippen LogP contribution in [0.15, 0.2) is 12.4 Å². The van der Waals surface area contributed by atoms with E-state index in [0.717, 1.165) is 18.5 Å². The van der Waals surface area contributed by atoms with Gasteiger partial charge in [0.15, 0.2) is 0 Å². The SMILES string of the molecule is CCCn1cc(CNOC(C)(C)C)cn1. The molecule has 86 valence electrons. The molecular formula is C11H21N3O. The van der Waals surface area contributed by atoms with Crippen molar-refractivity contribution in [3.63, 3.8) is 0 Å². The first kappa shape index (κ1) is 12.2. The smallest absolute Gasteiger partial charge is 0.0813 e. The molecule has 15 heavy (non-hydrogen) atoms. The van der Waals surface area contributed by atoms with Gasteiger partial charge in [0.05, 0.1) is 11.8 Å². The number of nitrogens with one attached hydrogen (secondary N) is 1. The average Bonchev–Trinajstić information content (AvgIpc) is 2.51. The molecule has 0 bridgehead atoms. The van der Waals surface area contributed by atoms with Gasteiger partial charge in [0.1, 0.15) is 0 Å². The van der Waals surface area contributed by atoms with Crippen LogP contribution in [-0.4, -0.2) is 15.4 Å². The molecular weight excluding hydrogens is 190 g/mol. The van der Waals surface area contributed by atoms with E-state index in [1.807, 2.05) is 37.8 Å². The Morgan fingerprint density at radius 3 is 2.80 bits per heavy atom. The minimum atomic E-state index is -0.153. The van der Waals surface area contributed by atoms with E-state index in [-0.39, 0.29) is 5.60 Å². The lowest BCUT2D eigenvalue weighted by Gasteiger charge is -2.18. The third-order valence-corrected chi connectivity index (χ3v) is 1.79. The molecule has 0 aromatic carbocycles. The van der Waals surface area contributed by atoms with Gasteiger partial charge < -0.3 is 0 Å². The normalized spacial score (nSPS) is 12.0. The van der Waals surface area contributed by atoms with Crippen LogP contribution in [0.4, 0.5) is 0 Å². The highest BCUT2D eigenvalue weighted by atomic mass is 16.7. The molecule has 4 heteroatoms. The first-order valence-corrected chi connectivity index (χ1v) is 5.43. The Balaban J connectivity index is 2.31. The van der Waals surface area contributed by atoms with Crippen molar-refractivity contribution in [3.05, 3.63) is 18.0 Å². The zero-order valence-corrected chi connectivity index (χ0v) is 10.1. The minimum absolute atomic E-state index is 0.153. The molecule has 1 aromatic rings. The van der Waals surface area contributed by atoms with Gasteiger partial charge in [-0.2, -0.15) is 10.6 Å². The quantitative estimate of drug-likeness (QED) is 0.758. The van der Waals surface area contributed by atoms with Gasteiger partial charge in [0.2, 0.25) is 0 Å². The van der Waals surface area contributed by atoms with Crippen molar-refractivity contribution in [2.45, 2.75) is 52.8 Å². The predicted molar refractivity (Wildman–Crippen MR) is 60.2 cm³/mol. The summed E-state index contributed by atoms with van der Waals surface area (Å²) < 4.78 is 1.95. The molecule has 0 amide bonds. The zero-order valence-electron chi connectivity index (χ0n) is 10.1. The van der Waals surface area contributed by atoms with Gasteiger partial charge in [-0.1, -0.05) is 6.92 Å². The Kier molecular flexibility index (Phi) is 4.29. The maximum atomic E-state index is 5.42. The summed E-state index contributed by atoms with van der Waals surface area (Å²) in [6.07, 6.45) is 5.02. The second kappa shape index (κ2) is 5.28. The Labute approximate surface area is 91.6 Å². The van der Waals surface area contributed by atoms with E-state index in [1.165, 1.54) is 0 Å². The molecule has 0 radical (unpaired) electrons. The number of rotatable bonds is 5. The molecule has 0 unspecified atom stereocenters. The van der Waals surface area contributed by atoms with Crippen LogP contribution >= 0.6 is 0 Å². The van der Waals surface area contributed by atoms with Crippen LogP contribution < -0.4 is 5.48 Å². The largest absolute Gasteiger partial charge is 0.296 e. The van der Waals surface area contributed by atoms with Crippen LogP contribution in [0.1, 0.15) is 39.7 Å². The van der Waals surface area contributed by atoms with Crippen LogP contribution in [0.25, 0.3) is 0 Å². The first-order chi connectivity index (χ1) is 7.01. The van der Waals surface area contributed by atoms with Crippen molar-refractivity contribution >= 4 is 0 Å². The minimum Gasteiger partial charge on any atom is -0.296 e. The number of hydroxylamine groups is 1. The summed E-state index contributed by atoms with van der Waals surface area (Å²) in [7, 11) is 0. The summed E-state index contributed by atoms with van der Waals surface area (Å²) in [6.45, 7) is 9.85. The summed E-state index contributed by atoms with van der Waals surface area (Å²) in [6, 6.07) is 0. The summed E-state index contributed by atoms with van der Waals surface area (Å²) in [5, 5.41) is 4.24. The monoisotopic (exact) mass is 211 g/mol. The molecule has 0 spiro atoms. The number of aromatic nitrogens is 2. The maximum absolute atomic E-state index is 5.42. The van der Waals surface area contributed by atoms with E-state index in [4.69, 9.17) is 4.84 Å². The summed E-state index contributed by atoms with van der Waals surface area (Å²) in [4.78, 5) is 5.42. The van der Waals surface area contributed by atoms with Gasteiger partial charge in [-0.05, 0) is 27.2 Å². The molecule has 1 rings (SSSR count). The van der Waals surface area contributed by atoms with Gasteiger partial charge in [0, 0.05) is 24.8 Å². The first-order valence-electron chi connectivity index (χ1n) is 5.43. The molecule has 0 aliphatic rings. The van der Waals surface area contributed by atoms with Crippen molar-refractivity contribution in [2.24, 2.45) is 0 Å². The predicted octanol–water partition coefficient (Wildman–Crippen LogP) is 2.11. The highest BCUT2D eigenvalue weighted by Crippen LogP contribution is 2.05. The van der Waals surface area contributed by atoms with Crippen LogP contribution in [-0.2, 0) is 17.9 Å². The molecule has 1 aromatic heterocycles. The van der Waals surface area contributed by atoms with E-state index in [9.17, 15) is 0 Å². The fraction of sp³-hybridized carbons (Fsp3) is 0.727. The van der Waals surface area contributed by atoms with Gasteiger partial charge in [0.25, 0.3) is 0 Å². The highest BCUT2D eigenvalue weighted by molar-refractivity contribution is 5.02. The molecule has 0 aliphatic carbocycles. The zero-order chi connectivity index (χ0) is 11.3. The molecule has 1 N–H and O–H groups in total.